The smallest absolute Gasteiger partial charge is 0.253 e. The average molecular weight is 203 g/mol. The number of rotatable bonds is 3. The van der Waals surface area contributed by atoms with Crippen molar-refractivity contribution in [2.75, 3.05) is 0 Å². The van der Waals surface area contributed by atoms with Crippen LogP contribution < -0.4 is 5.73 Å². The molecule has 0 aliphatic rings. The Balaban J connectivity index is 2.32. The zero-order valence-electron chi connectivity index (χ0n) is 8.03. The molecule has 1 aromatic carbocycles. The van der Waals surface area contributed by atoms with E-state index in [1.54, 1.807) is 6.20 Å². The van der Waals surface area contributed by atoms with E-state index < -0.39 is 5.91 Å². The van der Waals surface area contributed by atoms with Gasteiger partial charge in [-0.05, 0) is 11.6 Å². The van der Waals surface area contributed by atoms with Crippen LogP contribution in [0.25, 0.3) is 10.9 Å². The van der Waals surface area contributed by atoms with Crippen molar-refractivity contribution >= 4 is 16.8 Å². The van der Waals surface area contributed by atoms with Gasteiger partial charge in [-0.2, -0.15) is 0 Å². The van der Waals surface area contributed by atoms with Crippen molar-refractivity contribution < 1.29 is 9.90 Å². The van der Waals surface area contributed by atoms with Gasteiger partial charge in [0.1, 0.15) is 0 Å². The van der Waals surface area contributed by atoms with Crippen LogP contribution in [0.5, 0.6) is 0 Å². The Morgan fingerprint density at radius 3 is 2.87 bits per heavy atom. The van der Waals surface area contributed by atoms with Crippen molar-refractivity contribution in [2.45, 2.75) is 6.42 Å². The van der Waals surface area contributed by atoms with Crippen LogP contribution in [0.1, 0.15) is 5.56 Å². The Hall–Kier alpha value is -1.81. The van der Waals surface area contributed by atoms with Crippen molar-refractivity contribution in [1.82, 2.24) is 4.98 Å². The molecule has 0 saturated carbocycles. The number of hydrogen-bond acceptors (Lipinski definition) is 2. The lowest BCUT2D eigenvalue weighted by Crippen LogP contribution is -2.22. The molecule has 4 nitrogen and oxygen atoms in total. The second kappa shape index (κ2) is 3.74. The van der Waals surface area contributed by atoms with E-state index in [9.17, 15) is 9.90 Å². The molecule has 0 bridgehead atoms. The van der Waals surface area contributed by atoms with Crippen molar-refractivity contribution in [3.05, 3.63) is 42.1 Å². The van der Waals surface area contributed by atoms with E-state index in [2.05, 4.69) is 4.98 Å². The molecule has 0 aliphatic heterocycles. The summed E-state index contributed by atoms with van der Waals surface area (Å²) in [5, 5.41) is 10.3. The molecular formula is C11H11N2O2. The van der Waals surface area contributed by atoms with Crippen molar-refractivity contribution in [1.29, 1.82) is 0 Å². The third-order valence-corrected chi connectivity index (χ3v) is 2.32. The summed E-state index contributed by atoms with van der Waals surface area (Å²) in [5.41, 5.74) is 6.80. The molecule has 15 heavy (non-hydrogen) atoms. The van der Waals surface area contributed by atoms with E-state index in [-0.39, 0.29) is 12.5 Å². The maximum absolute atomic E-state index is 10.7. The van der Waals surface area contributed by atoms with E-state index in [1.165, 1.54) is 0 Å². The molecule has 0 saturated heterocycles. The molecule has 1 radical (unpaired) electrons. The lowest BCUT2D eigenvalue weighted by atomic mass is 10.1. The molecule has 2 aromatic rings. The number of H-pyrrole nitrogens is 1. The summed E-state index contributed by atoms with van der Waals surface area (Å²) in [6, 6.07) is 7.68. The maximum Gasteiger partial charge on any atom is 0.253 e. The van der Waals surface area contributed by atoms with Gasteiger partial charge in [-0.1, -0.05) is 18.2 Å². The summed E-state index contributed by atoms with van der Waals surface area (Å²) in [4.78, 5) is 13.7. The third-order valence-electron chi connectivity index (χ3n) is 2.32. The maximum atomic E-state index is 10.7. The number of aromatic amines is 1. The largest absolute Gasteiger partial charge is 0.377 e. The molecule has 0 aliphatic carbocycles. The first-order valence-electron chi connectivity index (χ1n) is 4.58. The van der Waals surface area contributed by atoms with Gasteiger partial charge in [0.2, 0.25) is 0 Å². The Bertz CT molecular complexity index is 490. The molecule has 0 spiro atoms. The van der Waals surface area contributed by atoms with Gasteiger partial charge >= 0.3 is 0 Å². The van der Waals surface area contributed by atoms with E-state index in [0.29, 0.717) is 0 Å². The van der Waals surface area contributed by atoms with Crippen LogP contribution >= 0.6 is 0 Å². The van der Waals surface area contributed by atoms with E-state index in [4.69, 9.17) is 5.73 Å². The summed E-state index contributed by atoms with van der Waals surface area (Å²) in [7, 11) is 0. The number of aliphatic hydroxyl groups is 1. The molecular weight excluding hydrogens is 192 g/mol. The minimum absolute atomic E-state index is 0.166. The number of amides is 1. The number of nitrogens with two attached hydrogens (primary N) is 1. The van der Waals surface area contributed by atoms with Crippen LogP contribution in [0.3, 0.4) is 0 Å². The number of carbonyl (C=O) groups is 1. The predicted octanol–water partition coefficient (Wildman–Crippen LogP) is 1.10. The Morgan fingerprint density at radius 1 is 1.40 bits per heavy atom. The number of fused-ring (bicyclic) bond motifs is 1. The fourth-order valence-electron chi connectivity index (χ4n) is 1.55. The highest BCUT2D eigenvalue weighted by Crippen LogP contribution is 2.20. The van der Waals surface area contributed by atoms with Gasteiger partial charge in [-0.25, -0.2) is 0 Å². The van der Waals surface area contributed by atoms with E-state index in [0.717, 1.165) is 16.5 Å². The minimum atomic E-state index is -0.778. The Kier molecular flexibility index (Phi) is 2.43. The molecule has 0 unspecified atom stereocenters. The minimum Gasteiger partial charge on any atom is -0.377 e. The quantitative estimate of drug-likeness (QED) is 0.698. The molecule has 4 heteroatoms. The predicted molar refractivity (Wildman–Crippen MR) is 56.4 cm³/mol. The fraction of sp³-hybridized carbons (Fsp3) is 0.0909. The van der Waals surface area contributed by atoms with Gasteiger partial charge in [0.05, 0.1) is 0 Å². The average Bonchev–Trinajstić information content (AvgIpc) is 2.62. The summed E-state index contributed by atoms with van der Waals surface area (Å²) < 4.78 is 0. The zero-order chi connectivity index (χ0) is 10.8. The lowest BCUT2D eigenvalue weighted by Gasteiger charge is -2.02. The van der Waals surface area contributed by atoms with Crippen LogP contribution in [-0.2, 0) is 11.2 Å². The second-order valence-corrected chi connectivity index (χ2v) is 3.35. The van der Waals surface area contributed by atoms with Gasteiger partial charge < -0.3 is 15.8 Å². The molecule has 0 fully saturated rings. The first-order chi connectivity index (χ1) is 7.18. The molecule has 4 N–H and O–H groups in total. The molecule has 0 atom stereocenters. The van der Waals surface area contributed by atoms with Gasteiger partial charge in [-0.3, -0.25) is 4.79 Å². The van der Waals surface area contributed by atoms with Crippen molar-refractivity contribution in [3.63, 3.8) is 0 Å². The second-order valence-electron chi connectivity index (χ2n) is 3.35. The number of aliphatic hydroxyl groups excluding tert-OH is 1. The highest BCUT2D eigenvalue weighted by Gasteiger charge is 2.15. The summed E-state index contributed by atoms with van der Waals surface area (Å²) in [5.74, 6) is -0.778. The monoisotopic (exact) mass is 203 g/mol. The zero-order valence-corrected chi connectivity index (χ0v) is 8.03. The van der Waals surface area contributed by atoms with Crippen LogP contribution in [0.15, 0.2) is 30.5 Å². The number of hydrogen-bond donors (Lipinski definition) is 3. The van der Waals surface area contributed by atoms with Crippen molar-refractivity contribution in [2.24, 2.45) is 5.73 Å². The molecule has 1 heterocycles. The first-order valence-corrected chi connectivity index (χ1v) is 4.58. The molecule has 77 valence electrons. The molecule has 2 rings (SSSR count). The number of aromatic nitrogens is 1. The lowest BCUT2D eigenvalue weighted by molar-refractivity contribution is -0.120. The van der Waals surface area contributed by atoms with E-state index >= 15 is 0 Å². The Labute approximate surface area is 86.7 Å². The van der Waals surface area contributed by atoms with Gasteiger partial charge in [0.15, 0.2) is 6.10 Å². The number of para-hydroxylation sites is 1. The Morgan fingerprint density at radius 2 is 2.13 bits per heavy atom. The number of carbonyl (C=O) groups excluding carboxylic acids is 1. The van der Waals surface area contributed by atoms with Crippen molar-refractivity contribution in [3.8, 4) is 0 Å². The van der Waals surface area contributed by atoms with Crippen LogP contribution in [0.4, 0.5) is 0 Å². The highest BCUT2D eigenvalue weighted by molar-refractivity contribution is 5.89. The standard InChI is InChI=1S/C11H11N2O2/c12-11(15)10(14)5-7-6-13-9-4-2-1-3-8(7)9/h1-4,6,13-14H,5H2,(H2,12,15). The van der Waals surface area contributed by atoms with Gasteiger partial charge in [0.25, 0.3) is 5.91 Å². The summed E-state index contributed by atoms with van der Waals surface area (Å²) in [6.45, 7) is 0. The summed E-state index contributed by atoms with van der Waals surface area (Å²) >= 11 is 0. The van der Waals surface area contributed by atoms with E-state index in [1.807, 2.05) is 24.3 Å². The van der Waals surface area contributed by atoms with Gasteiger partial charge in [-0.15, -0.1) is 0 Å². The summed E-state index contributed by atoms with van der Waals surface area (Å²) in [6.07, 6.45) is 1.61. The van der Waals surface area contributed by atoms with Crippen LogP contribution in [0, 0.1) is 6.10 Å². The molecule has 1 aromatic heterocycles. The molecule has 1 amide bonds. The SMILES string of the molecule is NC(=O)[C](O)Cc1c[nH]c2ccccc12. The van der Waals surface area contributed by atoms with Crippen LogP contribution in [0.2, 0.25) is 0 Å². The first kappa shape index (κ1) is 9.73. The third kappa shape index (κ3) is 1.85. The van der Waals surface area contributed by atoms with Crippen LogP contribution in [-0.4, -0.2) is 16.0 Å². The highest BCUT2D eigenvalue weighted by atomic mass is 16.3. The number of benzene rings is 1. The number of primary amides is 1. The number of nitrogens with one attached hydrogen (secondary N) is 1. The fourth-order valence-corrected chi connectivity index (χ4v) is 1.55. The van der Waals surface area contributed by atoms with Gasteiger partial charge in [0, 0.05) is 23.5 Å². The topological polar surface area (TPSA) is 79.1 Å². The normalized spacial score (nSPS) is 11.1.